The number of ether oxygens (including phenoxy) is 1. The topological polar surface area (TPSA) is 57.4 Å². The Balaban J connectivity index is 1.69. The van der Waals surface area contributed by atoms with Crippen LogP contribution in [0.5, 0.6) is 0 Å². The number of nitrogens with one attached hydrogen (secondary N) is 2. The number of aryl methyl sites for hydroxylation is 2. The molecular formula is C20H29N3O2. The molecule has 0 spiro atoms. The molecule has 2 aromatic rings. The molecule has 1 fully saturated rings. The lowest BCUT2D eigenvalue weighted by Crippen LogP contribution is -2.51. The van der Waals surface area contributed by atoms with Gasteiger partial charge in [0.15, 0.2) is 0 Å². The van der Waals surface area contributed by atoms with Crippen LogP contribution in [0, 0.1) is 19.8 Å². The van der Waals surface area contributed by atoms with Crippen molar-refractivity contribution in [1.29, 1.82) is 0 Å². The number of morpholine rings is 1. The number of carbonyl (C=O) groups excluding carboxylic acids is 1. The van der Waals surface area contributed by atoms with Crippen LogP contribution in [0.3, 0.4) is 0 Å². The Morgan fingerprint density at radius 2 is 2.00 bits per heavy atom. The SMILES string of the molecule is Cc1[nH]c2ccc(C(=O)NC[C@@H](C(C)C)N3CCOCC3)cc2c1C. The van der Waals surface area contributed by atoms with E-state index in [0.29, 0.717) is 18.5 Å². The average Bonchev–Trinajstić information content (AvgIpc) is 2.89. The van der Waals surface area contributed by atoms with Gasteiger partial charge in [0, 0.05) is 47.8 Å². The zero-order valence-corrected chi connectivity index (χ0v) is 15.7. The van der Waals surface area contributed by atoms with Gasteiger partial charge in [0.25, 0.3) is 5.91 Å². The molecule has 1 aliphatic heterocycles. The van der Waals surface area contributed by atoms with Gasteiger partial charge in [0.05, 0.1) is 13.2 Å². The van der Waals surface area contributed by atoms with Gasteiger partial charge in [-0.2, -0.15) is 0 Å². The van der Waals surface area contributed by atoms with Crippen LogP contribution in [0.2, 0.25) is 0 Å². The van der Waals surface area contributed by atoms with Crippen LogP contribution >= 0.6 is 0 Å². The van der Waals surface area contributed by atoms with Crippen molar-refractivity contribution in [2.45, 2.75) is 33.7 Å². The maximum atomic E-state index is 12.7. The van der Waals surface area contributed by atoms with Gasteiger partial charge in [-0.15, -0.1) is 0 Å². The average molecular weight is 343 g/mol. The van der Waals surface area contributed by atoms with E-state index in [2.05, 4.69) is 42.9 Å². The van der Waals surface area contributed by atoms with E-state index in [0.717, 1.165) is 48.5 Å². The van der Waals surface area contributed by atoms with Crippen LogP contribution in [0.25, 0.3) is 10.9 Å². The molecule has 5 nitrogen and oxygen atoms in total. The number of aromatic amines is 1. The van der Waals surface area contributed by atoms with E-state index in [9.17, 15) is 4.79 Å². The Bertz CT molecular complexity index is 745. The number of benzene rings is 1. The molecule has 136 valence electrons. The molecule has 0 radical (unpaired) electrons. The predicted molar refractivity (Wildman–Crippen MR) is 101 cm³/mol. The van der Waals surface area contributed by atoms with E-state index in [1.54, 1.807) is 0 Å². The van der Waals surface area contributed by atoms with E-state index in [1.807, 2.05) is 18.2 Å². The Hall–Kier alpha value is -1.85. The standard InChI is InChI=1S/C20H29N3O2/c1-13(2)19(23-7-9-25-10-8-23)12-21-20(24)16-5-6-18-17(11-16)14(3)15(4)22-18/h5-6,11,13,19,22H,7-10,12H2,1-4H3,(H,21,24)/t19-/m0/s1. The van der Waals surface area contributed by atoms with Crippen molar-refractivity contribution < 1.29 is 9.53 Å². The van der Waals surface area contributed by atoms with Gasteiger partial charge in [-0.05, 0) is 43.5 Å². The van der Waals surface area contributed by atoms with Crippen molar-refractivity contribution in [3.63, 3.8) is 0 Å². The zero-order valence-electron chi connectivity index (χ0n) is 15.7. The predicted octanol–water partition coefficient (Wildman–Crippen LogP) is 2.87. The summed E-state index contributed by atoms with van der Waals surface area (Å²) in [5.41, 5.74) is 4.16. The second kappa shape index (κ2) is 7.58. The van der Waals surface area contributed by atoms with Gasteiger partial charge in [-0.1, -0.05) is 13.8 Å². The number of hydrogen-bond acceptors (Lipinski definition) is 3. The largest absolute Gasteiger partial charge is 0.379 e. The number of fused-ring (bicyclic) bond motifs is 1. The van der Waals surface area contributed by atoms with Gasteiger partial charge in [0.1, 0.15) is 0 Å². The molecule has 5 heteroatoms. The highest BCUT2D eigenvalue weighted by Gasteiger charge is 2.24. The van der Waals surface area contributed by atoms with Crippen molar-refractivity contribution >= 4 is 16.8 Å². The maximum Gasteiger partial charge on any atom is 0.251 e. The lowest BCUT2D eigenvalue weighted by atomic mass is 10.0. The summed E-state index contributed by atoms with van der Waals surface area (Å²) in [5.74, 6) is 0.481. The quantitative estimate of drug-likeness (QED) is 0.878. The molecule has 2 N–H and O–H groups in total. The summed E-state index contributed by atoms with van der Waals surface area (Å²) in [6, 6.07) is 6.22. The number of amides is 1. The Morgan fingerprint density at radius 1 is 1.28 bits per heavy atom. The fourth-order valence-corrected chi connectivity index (χ4v) is 3.60. The minimum Gasteiger partial charge on any atom is -0.379 e. The van der Waals surface area contributed by atoms with Crippen molar-refractivity contribution in [2.75, 3.05) is 32.8 Å². The van der Waals surface area contributed by atoms with Crippen LogP contribution in [-0.2, 0) is 4.74 Å². The minimum absolute atomic E-state index is 0.000868. The Morgan fingerprint density at radius 3 is 2.68 bits per heavy atom. The summed E-state index contributed by atoms with van der Waals surface area (Å²) in [7, 11) is 0. The molecule has 3 rings (SSSR count). The molecule has 2 heterocycles. The van der Waals surface area contributed by atoms with Crippen LogP contribution in [0.1, 0.15) is 35.5 Å². The molecule has 1 atom stereocenters. The first-order valence-corrected chi connectivity index (χ1v) is 9.16. The van der Waals surface area contributed by atoms with Gasteiger partial charge in [0.2, 0.25) is 0 Å². The summed E-state index contributed by atoms with van der Waals surface area (Å²) in [6.45, 7) is 12.7. The maximum absolute atomic E-state index is 12.7. The lowest BCUT2D eigenvalue weighted by Gasteiger charge is -2.36. The molecule has 0 saturated carbocycles. The molecule has 0 aliphatic carbocycles. The van der Waals surface area contributed by atoms with E-state index < -0.39 is 0 Å². The summed E-state index contributed by atoms with van der Waals surface area (Å²) < 4.78 is 5.45. The monoisotopic (exact) mass is 343 g/mol. The zero-order chi connectivity index (χ0) is 18.0. The van der Waals surface area contributed by atoms with Crippen molar-refractivity contribution in [3.8, 4) is 0 Å². The van der Waals surface area contributed by atoms with Crippen molar-refractivity contribution in [3.05, 3.63) is 35.0 Å². The van der Waals surface area contributed by atoms with E-state index in [4.69, 9.17) is 4.74 Å². The molecule has 0 unspecified atom stereocenters. The summed E-state index contributed by atoms with van der Waals surface area (Å²) >= 11 is 0. The lowest BCUT2D eigenvalue weighted by molar-refractivity contribution is 0.00673. The number of hydrogen-bond donors (Lipinski definition) is 2. The van der Waals surface area contributed by atoms with Crippen molar-refractivity contribution in [2.24, 2.45) is 5.92 Å². The van der Waals surface area contributed by atoms with Gasteiger partial charge < -0.3 is 15.0 Å². The summed E-state index contributed by atoms with van der Waals surface area (Å²) in [5, 5.41) is 4.26. The first-order chi connectivity index (χ1) is 12.0. The highest BCUT2D eigenvalue weighted by atomic mass is 16.5. The molecule has 0 bridgehead atoms. The van der Waals surface area contributed by atoms with Gasteiger partial charge in [-0.3, -0.25) is 9.69 Å². The second-order valence-electron chi connectivity index (χ2n) is 7.31. The normalized spacial score (nSPS) is 17.2. The third-order valence-electron chi connectivity index (χ3n) is 5.33. The van der Waals surface area contributed by atoms with Crippen LogP contribution in [-0.4, -0.2) is 54.7 Å². The van der Waals surface area contributed by atoms with Gasteiger partial charge >= 0.3 is 0 Å². The third-order valence-corrected chi connectivity index (χ3v) is 5.33. The number of aromatic nitrogens is 1. The van der Waals surface area contributed by atoms with Crippen LogP contribution in [0.4, 0.5) is 0 Å². The second-order valence-corrected chi connectivity index (χ2v) is 7.31. The number of H-pyrrole nitrogens is 1. The van der Waals surface area contributed by atoms with E-state index in [1.165, 1.54) is 5.56 Å². The molecule has 1 aromatic heterocycles. The highest BCUT2D eigenvalue weighted by Crippen LogP contribution is 2.22. The molecule has 1 saturated heterocycles. The molecule has 1 amide bonds. The minimum atomic E-state index is -0.000868. The highest BCUT2D eigenvalue weighted by molar-refractivity contribution is 5.99. The fraction of sp³-hybridized carbons (Fsp3) is 0.550. The third kappa shape index (κ3) is 3.88. The van der Waals surface area contributed by atoms with Crippen LogP contribution < -0.4 is 5.32 Å². The molecular weight excluding hydrogens is 314 g/mol. The van der Waals surface area contributed by atoms with Gasteiger partial charge in [-0.25, -0.2) is 0 Å². The molecule has 1 aromatic carbocycles. The summed E-state index contributed by atoms with van der Waals surface area (Å²) in [6.07, 6.45) is 0. The van der Waals surface area contributed by atoms with Crippen LogP contribution in [0.15, 0.2) is 18.2 Å². The Labute approximate surface area is 149 Å². The fourth-order valence-electron chi connectivity index (χ4n) is 3.60. The molecule has 1 aliphatic rings. The Kier molecular flexibility index (Phi) is 5.45. The van der Waals surface area contributed by atoms with E-state index in [-0.39, 0.29) is 5.91 Å². The first kappa shape index (κ1) is 18.0. The number of rotatable bonds is 5. The molecule has 25 heavy (non-hydrogen) atoms. The summed E-state index contributed by atoms with van der Waals surface area (Å²) in [4.78, 5) is 18.4. The van der Waals surface area contributed by atoms with E-state index >= 15 is 0 Å². The first-order valence-electron chi connectivity index (χ1n) is 9.16. The number of carbonyl (C=O) groups is 1. The van der Waals surface area contributed by atoms with Crippen molar-refractivity contribution in [1.82, 2.24) is 15.2 Å². The smallest absolute Gasteiger partial charge is 0.251 e. The number of nitrogens with zero attached hydrogens (tertiary/aromatic N) is 1.